The molecule has 2 rings (SSSR count). The Morgan fingerprint density at radius 1 is 1.38 bits per heavy atom. The second kappa shape index (κ2) is 6.14. The smallest absolute Gasteiger partial charge is 0.258 e. The molecule has 0 bridgehead atoms. The van der Waals surface area contributed by atoms with Crippen molar-refractivity contribution < 1.29 is 13.7 Å². The number of benzene rings is 1. The van der Waals surface area contributed by atoms with E-state index in [1.165, 1.54) is 0 Å². The predicted molar refractivity (Wildman–Crippen MR) is 81.1 cm³/mol. The van der Waals surface area contributed by atoms with Crippen LogP contribution in [0.25, 0.3) is 11.4 Å². The molecule has 1 aromatic carbocycles. The lowest BCUT2D eigenvalue weighted by molar-refractivity contribution is -0.387. The van der Waals surface area contributed by atoms with E-state index in [0.29, 0.717) is 15.7 Å². The number of aromatic nitrogens is 2. The molecule has 110 valence electrons. The van der Waals surface area contributed by atoms with Crippen molar-refractivity contribution in [3.63, 3.8) is 0 Å². The van der Waals surface area contributed by atoms with Crippen LogP contribution in [0, 0.1) is 25.3 Å². The highest BCUT2D eigenvalue weighted by molar-refractivity contribution is 14.1. The number of nitro groups is 1. The van der Waals surface area contributed by atoms with Crippen LogP contribution in [0.5, 0.6) is 0 Å². The highest BCUT2D eigenvalue weighted by Gasteiger charge is 2.25. The van der Waals surface area contributed by atoms with Crippen LogP contribution in [0.15, 0.2) is 12.1 Å². The Labute approximate surface area is 136 Å². The molecule has 0 atom stereocenters. The van der Waals surface area contributed by atoms with Crippen LogP contribution in [0.3, 0.4) is 0 Å². The van der Waals surface area contributed by atoms with E-state index in [0.717, 1.165) is 12.1 Å². The Morgan fingerprint density at radius 3 is 2.62 bits per heavy atom. The van der Waals surface area contributed by atoms with Gasteiger partial charge in [-0.1, -0.05) is 18.5 Å². The number of rotatable bonds is 3. The highest BCUT2D eigenvalue weighted by atomic mass is 127. The van der Waals surface area contributed by atoms with Crippen LogP contribution in [0.2, 0.25) is 5.15 Å². The summed E-state index contributed by atoms with van der Waals surface area (Å²) in [4.78, 5) is 17.7. The summed E-state index contributed by atoms with van der Waals surface area (Å²) in [5, 5.41) is 10.8. The SMILES string of the molecule is CCc1nc(-c2c(F)ccc([N+](=O)[O-])c2F)nc(Cl)c1I. The summed E-state index contributed by atoms with van der Waals surface area (Å²) >= 11 is 7.84. The molecule has 21 heavy (non-hydrogen) atoms. The van der Waals surface area contributed by atoms with Crippen molar-refractivity contribution in [1.82, 2.24) is 9.97 Å². The normalized spacial score (nSPS) is 10.7. The molecule has 0 saturated carbocycles. The lowest BCUT2D eigenvalue weighted by Gasteiger charge is -2.08. The maximum Gasteiger partial charge on any atom is 0.305 e. The average molecular weight is 426 g/mol. The van der Waals surface area contributed by atoms with Gasteiger partial charge in [0.25, 0.3) is 0 Å². The summed E-state index contributed by atoms with van der Waals surface area (Å²) in [6, 6.07) is 1.56. The van der Waals surface area contributed by atoms with Crippen molar-refractivity contribution in [3.8, 4) is 11.4 Å². The number of hydrogen-bond acceptors (Lipinski definition) is 4. The molecule has 0 aliphatic heterocycles. The van der Waals surface area contributed by atoms with E-state index in [9.17, 15) is 18.9 Å². The van der Waals surface area contributed by atoms with Gasteiger partial charge < -0.3 is 0 Å². The molecule has 2 aromatic rings. The van der Waals surface area contributed by atoms with Gasteiger partial charge in [-0.15, -0.1) is 0 Å². The summed E-state index contributed by atoms with van der Waals surface area (Å²) in [6.45, 7) is 1.80. The Balaban J connectivity index is 2.75. The molecule has 0 fully saturated rings. The number of aryl methyl sites for hydroxylation is 1. The summed E-state index contributed by atoms with van der Waals surface area (Å²) in [5.41, 5.74) is -0.990. The van der Waals surface area contributed by atoms with Gasteiger partial charge in [-0.3, -0.25) is 10.1 Å². The van der Waals surface area contributed by atoms with Crippen LogP contribution in [-0.4, -0.2) is 14.9 Å². The van der Waals surface area contributed by atoms with E-state index in [-0.39, 0.29) is 11.0 Å². The van der Waals surface area contributed by atoms with Crippen LogP contribution in [0.1, 0.15) is 12.6 Å². The third-order valence-electron chi connectivity index (χ3n) is 2.71. The van der Waals surface area contributed by atoms with Gasteiger partial charge in [-0.25, -0.2) is 14.4 Å². The maximum atomic E-state index is 14.1. The first-order valence-electron chi connectivity index (χ1n) is 5.71. The molecule has 0 saturated heterocycles. The zero-order chi connectivity index (χ0) is 15.7. The largest absolute Gasteiger partial charge is 0.305 e. The monoisotopic (exact) mass is 425 g/mol. The highest BCUT2D eigenvalue weighted by Crippen LogP contribution is 2.31. The van der Waals surface area contributed by atoms with Gasteiger partial charge in [0.1, 0.15) is 11.0 Å². The van der Waals surface area contributed by atoms with Gasteiger partial charge in [0.15, 0.2) is 5.82 Å². The van der Waals surface area contributed by atoms with E-state index in [1.807, 2.05) is 22.6 Å². The number of halogens is 4. The Bertz CT molecular complexity index is 743. The van der Waals surface area contributed by atoms with Crippen LogP contribution in [-0.2, 0) is 6.42 Å². The summed E-state index contributed by atoms with van der Waals surface area (Å²) in [5.74, 6) is -2.62. The molecule has 1 aromatic heterocycles. The molecule has 9 heteroatoms. The molecule has 0 radical (unpaired) electrons. The second-order valence-electron chi connectivity index (χ2n) is 3.96. The summed E-state index contributed by atoms with van der Waals surface area (Å²) in [6.07, 6.45) is 0.478. The summed E-state index contributed by atoms with van der Waals surface area (Å²) < 4.78 is 28.6. The van der Waals surface area contributed by atoms with E-state index in [4.69, 9.17) is 11.6 Å². The van der Waals surface area contributed by atoms with Crippen molar-refractivity contribution in [3.05, 3.63) is 48.3 Å². The fourth-order valence-electron chi connectivity index (χ4n) is 1.70. The molecule has 0 unspecified atom stereocenters. The standard InChI is InChI=1S/C12H7ClF2IN3O2/c1-2-6-10(16)11(13)18-12(17-6)8-5(14)3-4-7(9(8)15)19(20)21/h3-4H,2H2,1H3. The van der Waals surface area contributed by atoms with Gasteiger partial charge in [0.05, 0.1) is 19.8 Å². The van der Waals surface area contributed by atoms with Gasteiger partial charge in [0, 0.05) is 6.07 Å². The third-order valence-corrected chi connectivity index (χ3v) is 4.43. The number of nitro benzene ring substituents is 1. The van der Waals surface area contributed by atoms with Gasteiger partial charge >= 0.3 is 5.69 Å². The maximum absolute atomic E-state index is 14.1. The predicted octanol–water partition coefficient (Wildman–Crippen LogP) is 4.15. The van der Waals surface area contributed by atoms with Crippen LogP contribution < -0.4 is 0 Å². The first-order chi connectivity index (χ1) is 9.86. The minimum absolute atomic E-state index is 0.0442. The molecule has 1 heterocycles. The molecule has 0 spiro atoms. The molecule has 0 aliphatic carbocycles. The molecular weight excluding hydrogens is 419 g/mol. The third kappa shape index (κ3) is 2.95. The van der Waals surface area contributed by atoms with Gasteiger partial charge in [-0.05, 0) is 35.1 Å². The van der Waals surface area contributed by atoms with Crippen molar-refractivity contribution in [2.24, 2.45) is 0 Å². The summed E-state index contributed by atoms with van der Waals surface area (Å²) in [7, 11) is 0. The fourth-order valence-corrected chi connectivity index (χ4v) is 2.51. The first kappa shape index (κ1) is 16.0. The molecule has 5 nitrogen and oxygen atoms in total. The Hall–Kier alpha value is -1.42. The van der Waals surface area contributed by atoms with Crippen LogP contribution >= 0.6 is 34.2 Å². The minimum atomic E-state index is -1.32. The second-order valence-corrected chi connectivity index (χ2v) is 5.40. The molecule has 0 amide bonds. The Morgan fingerprint density at radius 2 is 2.05 bits per heavy atom. The first-order valence-corrected chi connectivity index (χ1v) is 7.17. The van der Waals surface area contributed by atoms with E-state index in [2.05, 4.69) is 9.97 Å². The fraction of sp³-hybridized carbons (Fsp3) is 0.167. The molecule has 0 aliphatic rings. The van der Waals surface area contributed by atoms with E-state index < -0.39 is 27.8 Å². The van der Waals surface area contributed by atoms with Crippen molar-refractivity contribution in [2.45, 2.75) is 13.3 Å². The minimum Gasteiger partial charge on any atom is -0.258 e. The van der Waals surface area contributed by atoms with Crippen molar-refractivity contribution >= 4 is 39.9 Å². The Kier molecular flexibility index (Phi) is 4.67. The number of nitrogens with zero attached hydrogens (tertiary/aromatic N) is 3. The van der Waals surface area contributed by atoms with E-state index in [1.54, 1.807) is 6.92 Å². The topological polar surface area (TPSA) is 68.9 Å². The van der Waals surface area contributed by atoms with Crippen molar-refractivity contribution in [2.75, 3.05) is 0 Å². The zero-order valence-electron chi connectivity index (χ0n) is 10.5. The van der Waals surface area contributed by atoms with Crippen molar-refractivity contribution in [1.29, 1.82) is 0 Å². The van der Waals surface area contributed by atoms with E-state index >= 15 is 0 Å². The lowest BCUT2D eigenvalue weighted by Crippen LogP contribution is -2.04. The molecule has 0 N–H and O–H groups in total. The van der Waals surface area contributed by atoms with Crippen LogP contribution in [0.4, 0.5) is 14.5 Å². The number of hydrogen-bond donors (Lipinski definition) is 0. The molecular formula is C12H7ClF2IN3O2. The average Bonchev–Trinajstić information content (AvgIpc) is 2.42. The lowest BCUT2D eigenvalue weighted by atomic mass is 10.1. The zero-order valence-corrected chi connectivity index (χ0v) is 13.4. The quantitative estimate of drug-likeness (QED) is 0.321. The van der Waals surface area contributed by atoms with Gasteiger partial charge in [0.2, 0.25) is 5.82 Å². The van der Waals surface area contributed by atoms with Gasteiger partial charge in [-0.2, -0.15) is 4.39 Å².